The average Bonchev–Trinajstić information content (AvgIpc) is 2.42. The van der Waals surface area contributed by atoms with Gasteiger partial charge >= 0.3 is 0 Å². The molecule has 0 fully saturated rings. The van der Waals surface area contributed by atoms with Gasteiger partial charge in [0, 0.05) is 24.1 Å². The molecule has 1 N–H and O–H groups in total. The highest BCUT2D eigenvalue weighted by atomic mass is 35.6. The predicted molar refractivity (Wildman–Crippen MR) is 84.0 cm³/mol. The van der Waals surface area contributed by atoms with Gasteiger partial charge in [0.05, 0.1) is 4.92 Å². The van der Waals surface area contributed by atoms with Gasteiger partial charge in [-0.25, -0.2) is 0 Å². The van der Waals surface area contributed by atoms with Crippen LogP contribution < -0.4 is 5.32 Å². The molecule has 8 heteroatoms. The molecule has 1 unspecified atom stereocenters. The van der Waals surface area contributed by atoms with E-state index in [1.54, 1.807) is 12.1 Å². The van der Waals surface area contributed by atoms with Crippen molar-refractivity contribution in [2.75, 3.05) is 0 Å². The molecule has 1 aromatic carbocycles. The zero-order valence-corrected chi connectivity index (χ0v) is 13.7. The van der Waals surface area contributed by atoms with Crippen LogP contribution in [0.3, 0.4) is 0 Å². The number of nitrogens with one attached hydrogen (secondary N) is 1. The van der Waals surface area contributed by atoms with Gasteiger partial charge in [0.1, 0.15) is 0 Å². The molecule has 0 heterocycles. The molecule has 1 amide bonds. The Balaban J connectivity index is 2.85. The lowest BCUT2D eigenvalue weighted by Crippen LogP contribution is -2.43. The van der Waals surface area contributed by atoms with E-state index in [4.69, 9.17) is 34.8 Å². The average molecular weight is 354 g/mol. The second-order valence-electron chi connectivity index (χ2n) is 4.62. The normalized spacial score (nSPS) is 14.3. The molecule has 2 atom stereocenters. The Bertz CT molecular complexity index is 514. The smallest absolute Gasteiger partial charge is 0.272 e. The van der Waals surface area contributed by atoms with Gasteiger partial charge in [-0.2, -0.15) is 0 Å². The number of hydrogen-bond acceptors (Lipinski definition) is 3. The standard InChI is InChI=1S/C13H15Cl3N2O3/c1-3-11(17-12(19)13(14,15)16)8(2)9-4-6-10(7-5-9)18(20)21/h4-8,11H,3H2,1-2H3,(H,17,19)/t8-,11?/m1/s1. The van der Waals surface area contributed by atoms with Gasteiger partial charge in [0.15, 0.2) is 0 Å². The molecule has 0 bridgehead atoms. The first-order chi connectivity index (χ1) is 9.66. The van der Waals surface area contributed by atoms with Crippen LogP contribution in [-0.4, -0.2) is 20.7 Å². The van der Waals surface area contributed by atoms with Crippen molar-refractivity contribution in [1.82, 2.24) is 5.32 Å². The summed E-state index contributed by atoms with van der Waals surface area (Å²) in [6.07, 6.45) is 0.630. The number of hydrogen-bond donors (Lipinski definition) is 1. The first-order valence-electron chi connectivity index (χ1n) is 6.28. The van der Waals surface area contributed by atoms with Crippen molar-refractivity contribution in [3.05, 3.63) is 39.9 Å². The topological polar surface area (TPSA) is 72.2 Å². The molecule has 116 valence electrons. The molecule has 0 radical (unpaired) electrons. The number of rotatable bonds is 5. The maximum atomic E-state index is 11.7. The number of nitro benzene ring substituents is 1. The molecule has 0 aromatic heterocycles. The number of alkyl halides is 3. The second-order valence-corrected chi connectivity index (χ2v) is 6.90. The number of carbonyl (C=O) groups is 1. The summed E-state index contributed by atoms with van der Waals surface area (Å²) in [4.78, 5) is 21.9. The van der Waals surface area contributed by atoms with E-state index in [0.29, 0.717) is 6.42 Å². The zero-order valence-electron chi connectivity index (χ0n) is 11.5. The quantitative estimate of drug-likeness (QED) is 0.494. The third-order valence-electron chi connectivity index (χ3n) is 3.25. The van der Waals surface area contributed by atoms with E-state index in [-0.39, 0.29) is 17.6 Å². The summed E-state index contributed by atoms with van der Waals surface area (Å²) in [5.41, 5.74) is 0.876. The molecule has 0 aliphatic carbocycles. The Kier molecular flexibility index (Phi) is 6.25. The van der Waals surface area contributed by atoms with Crippen molar-refractivity contribution in [1.29, 1.82) is 0 Å². The Morgan fingerprint density at radius 3 is 2.24 bits per heavy atom. The monoisotopic (exact) mass is 352 g/mol. The lowest BCUT2D eigenvalue weighted by molar-refractivity contribution is -0.384. The number of non-ortho nitro benzene ring substituents is 1. The van der Waals surface area contributed by atoms with Crippen molar-refractivity contribution < 1.29 is 9.72 Å². The number of nitrogens with zero attached hydrogens (tertiary/aromatic N) is 1. The summed E-state index contributed by atoms with van der Waals surface area (Å²) in [5, 5.41) is 13.3. The van der Waals surface area contributed by atoms with Gasteiger partial charge in [0.25, 0.3) is 15.4 Å². The van der Waals surface area contributed by atoms with Crippen LogP contribution in [0.1, 0.15) is 31.7 Å². The third-order valence-corrected chi connectivity index (χ3v) is 3.76. The highest BCUT2D eigenvalue weighted by Gasteiger charge is 2.33. The van der Waals surface area contributed by atoms with Gasteiger partial charge in [-0.05, 0) is 12.0 Å². The van der Waals surface area contributed by atoms with Crippen LogP contribution in [-0.2, 0) is 4.79 Å². The van der Waals surface area contributed by atoms with E-state index in [1.165, 1.54) is 12.1 Å². The van der Waals surface area contributed by atoms with E-state index in [1.807, 2.05) is 13.8 Å². The lowest BCUT2D eigenvalue weighted by Gasteiger charge is -2.26. The Morgan fingerprint density at radius 1 is 1.33 bits per heavy atom. The zero-order chi connectivity index (χ0) is 16.2. The van der Waals surface area contributed by atoms with Crippen molar-refractivity contribution >= 4 is 46.4 Å². The van der Waals surface area contributed by atoms with Gasteiger partial charge < -0.3 is 5.32 Å². The molecule has 0 saturated carbocycles. The molecular formula is C13H15Cl3N2O3. The summed E-state index contributed by atoms with van der Waals surface area (Å²) in [6.45, 7) is 3.79. The fourth-order valence-corrected chi connectivity index (χ4v) is 2.13. The molecule has 0 spiro atoms. The summed E-state index contributed by atoms with van der Waals surface area (Å²) in [5.74, 6) is -0.764. The van der Waals surface area contributed by atoms with E-state index in [0.717, 1.165) is 5.56 Å². The van der Waals surface area contributed by atoms with Gasteiger partial charge in [0.2, 0.25) is 0 Å². The number of halogens is 3. The highest BCUT2D eigenvalue weighted by molar-refractivity contribution is 6.76. The van der Waals surface area contributed by atoms with Crippen LogP contribution >= 0.6 is 34.8 Å². The van der Waals surface area contributed by atoms with Crippen LogP contribution in [0.2, 0.25) is 0 Å². The van der Waals surface area contributed by atoms with Crippen LogP contribution in [0.4, 0.5) is 5.69 Å². The van der Waals surface area contributed by atoms with Crippen molar-refractivity contribution in [3.63, 3.8) is 0 Å². The number of carbonyl (C=O) groups excluding carboxylic acids is 1. The maximum absolute atomic E-state index is 11.7. The Labute approximate surface area is 137 Å². The molecule has 0 aliphatic rings. The van der Waals surface area contributed by atoms with Crippen LogP contribution in [0.15, 0.2) is 24.3 Å². The predicted octanol–water partition coefficient (Wildman–Crippen LogP) is 3.96. The van der Waals surface area contributed by atoms with E-state index in [2.05, 4.69) is 5.32 Å². The summed E-state index contributed by atoms with van der Waals surface area (Å²) in [7, 11) is 0. The Morgan fingerprint density at radius 2 is 1.86 bits per heavy atom. The molecular weight excluding hydrogens is 339 g/mol. The van der Waals surface area contributed by atoms with Crippen LogP contribution in [0.25, 0.3) is 0 Å². The first kappa shape index (κ1) is 18.0. The summed E-state index contributed by atoms with van der Waals surface area (Å²) < 4.78 is -2.01. The molecule has 1 rings (SSSR count). The van der Waals surface area contributed by atoms with Gasteiger partial charge in [-0.1, -0.05) is 60.8 Å². The van der Waals surface area contributed by atoms with Crippen LogP contribution in [0.5, 0.6) is 0 Å². The summed E-state index contributed by atoms with van der Waals surface area (Å²) >= 11 is 16.6. The van der Waals surface area contributed by atoms with Crippen molar-refractivity contribution in [3.8, 4) is 0 Å². The Hall–Kier alpha value is -1.04. The number of nitro groups is 1. The van der Waals surface area contributed by atoms with E-state index in [9.17, 15) is 14.9 Å². The molecule has 0 aliphatic heterocycles. The highest BCUT2D eigenvalue weighted by Crippen LogP contribution is 2.28. The van der Waals surface area contributed by atoms with Crippen LogP contribution in [0, 0.1) is 10.1 Å². The fourth-order valence-electron chi connectivity index (χ4n) is 1.96. The fraction of sp³-hybridized carbons (Fsp3) is 0.462. The minimum absolute atomic E-state index is 0.0179. The largest absolute Gasteiger partial charge is 0.349 e. The second kappa shape index (κ2) is 7.29. The summed E-state index contributed by atoms with van der Waals surface area (Å²) in [6, 6.07) is 5.93. The molecule has 21 heavy (non-hydrogen) atoms. The van der Waals surface area contributed by atoms with Gasteiger partial charge in [-0.15, -0.1) is 0 Å². The SMILES string of the molecule is CCC(NC(=O)C(Cl)(Cl)Cl)[C@H](C)c1ccc([N+](=O)[O-])cc1. The minimum Gasteiger partial charge on any atom is -0.349 e. The first-order valence-corrected chi connectivity index (χ1v) is 7.42. The van der Waals surface area contributed by atoms with Crippen molar-refractivity contribution in [2.45, 2.75) is 36.0 Å². The van der Waals surface area contributed by atoms with E-state index >= 15 is 0 Å². The van der Waals surface area contributed by atoms with Crippen molar-refractivity contribution in [2.24, 2.45) is 0 Å². The molecule has 5 nitrogen and oxygen atoms in total. The van der Waals surface area contributed by atoms with E-state index < -0.39 is 14.6 Å². The maximum Gasteiger partial charge on any atom is 0.272 e. The lowest BCUT2D eigenvalue weighted by atomic mass is 9.91. The number of amides is 1. The third kappa shape index (κ3) is 5.02. The minimum atomic E-state index is -2.01. The van der Waals surface area contributed by atoms with Gasteiger partial charge in [-0.3, -0.25) is 14.9 Å². The molecule has 0 saturated heterocycles. The number of benzene rings is 1. The molecule has 1 aromatic rings.